The molecular formula is C16H24BrN3O. The maximum Gasteiger partial charge on any atom is 0.224 e. The van der Waals surface area contributed by atoms with Crippen molar-refractivity contribution >= 4 is 21.8 Å². The summed E-state index contributed by atoms with van der Waals surface area (Å²) < 4.78 is 1.07. The minimum absolute atomic E-state index is 0.0945. The van der Waals surface area contributed by atoms with Gasteiger partial charge in [-0.15, -0.1) is 0 Å². The molecule has 1 amide bonds. The molecule has 21 heavy (non-hydrogen) atoms. The number of likely N-dealkylation sites (N-methyl/N-ethyl adjacent to an activating group) is 1. The number of carbonyl (C=O) groups is 1. The van der Waals surface area contributed by atoms with E-state index in [9.17, 15) is 4.79 Å². The summed E-state index contributed by atoms with van der Waals surface area (Å²) in [6.45, 7) is 3.12. The van der Waals surface area contributed by atoms with Gasteiger partial charge in [-0.05, 0) is 37.6 Å². The first-order chi connectivity index (χ1) is 10.1. The van der Waals surface area contributed by atoms with Crippen LogP contribution in [0.4, 0.5) is 0 Å². The third-order valence-electron chi connectivity index (χ3n) is 4.09. The summed E-state index contributed by atoms with van der Waals surface area (Å²) in [6.07, 6.45) is 2.78. The number of carbonyl (C=O) groups excluding carboxylic acids is 1. The van der Waals surface area contributed by atoms with E-state index in [4.69, 9.17) is 5.73 Å². The Morgan fingerprint density at radius 1 is 1.43 bits per heavy atom. The molecule has 1 unspecified atom stereocenters. The number of rotatable bonds is 6. The zero-order valence-corrected chi connectivity index (χ0v) is 14.2. The molecule has 0 bridgehead atoms. The average Bonchev–Trinajstić information content (AvgIpc) is 2.98. The molecule has 1 aliphatic heterocycles. The fourth-order valence-electron chi connectivity index (χ4n) is 2.77. The van der Waals surface area contributed by atoms with Gasteiger partial charge in [0.1, 0.15) is 0 Å². The maximum atomic E-state index is 12.3. The third kappa shape index (κ3) is 4.80. The van der Waals surface area contributed by atoms with E-state index in [1.165, 1.54) is 5.56 Å². The molecule has 2 N–H and O–H groups in total. The summed E-state index contributed by atoms with van der Waals surface area (Å²) in [4.78, 5) is 16.4. The molecule has 5 heteroatoms. The van der Waals surface area contributed by atoms with Crippen molar-refractivity contribution in [2.24, 2.45) is 5.73 Å². The number of halogens is 1. The van der Waals surface area contributed by atoms with Gasteiger partial charge in [0.2, 0.25) is 5.91 Å². The van der Waals surface area contributed by atoms with E-state index >= 15 is 0 Å². The van der Waals surface area contributed by atoms with E-state index in [2.05, 4.69) is 33.0 Å². The Labute approximate surface area is 135 Å². The Bertz CT molecular complexity index is 474. The Kier molecular flexibility index (Phi) is 6.21. The molecule has 116 valence electrons. The van der Waals surface area contributed by atoms with Crippen molar-refractivity contribution in [2.75, 3.05) is 26.7 Å². The van der Waals surface area contributed by atoms with Crippen LogP contribution in [0.1, 0.15) is 24.8 Å². The van der Waals surface area contributed by atoms with E-state index in [0.29, 0.717) is 13.0 Å². The number of likely N-dealkylation sites (tertiary alicyclic amines) is 1. The van der Waals surface area contributed by atoms with Gasteiger partial charge < -0.3 is 10.6 Å². The monoisotopic (exact) mass is 353 g/mol. The SMILES string of the molecule is CN(Cc1cccc(Br)c1)C(CN)CC(=O)N1CCCC1. The minimum Gasteiger partial charge on any atom is -0.343 e. The highest BCUT2D eigenvalue weighted by molar-refractivity contribution is 9.10. The van der Waals surface area contributed by atoms with Crippen LogP contribution in [0, 0.1) is 0 Å². The zero-order chi connectivity index (χ0) is 15.2. The van der Waals surface area contributed by atoms with Crippen LogP contribution in [0.15, 0.2) is 28.7 Å². The first-order valence-corrected chi connectivity index (χ1v) is 8.32. The summed E-state index contributed by atoms with van der Waals surface area (Å²) in [6, 6.07) is 8.34. The minimum atomic E-state index is 0.0945. The second-order valence-corrected chi connectivity index (χ2v) is 6.64. The first kappa shape index (κ1) is 16.5. The van der Waals surface area contributed by atoms with Gasteiger partial charge in [-0.1, -0.05) is 28.1 Å². The predicted molar refractivity (Wildman–Crippen MR) is 88.9 cm³/mol. The molecule has 1 aromatic carbocycles. The quantitative estimate of drug-likeness (QED) is 0.852. The van der Waals surface area contributed by atoms with Gasteiger partial charge in [0.05, 0.1) is 0 Å². The second-order valence-electron chi connectivity index (χ2n) is 5.73. The molecule has 1 aromatic rings. The van der Waals surface area contributed by atoms with Crippen molar-refractivity contribution in [3.63, 3.8) is 0 Å². The maximum absolute atomic E-state index is 12.3. The van der Waals surface area contributed by atoms with Crippen molar-refractivity contribution in [1.29, 1.82) is 0 Å². The van der Waals surface area contributed by atoms with Crippen LogP contribution in [0.2, 0.25) is 0 Å². The lowest BCUT2D eigenvalue weighted by Crippen LogP contribution is -2.42. The summed E-state index contributed by atoms with van der Waals surface area (Å²) >= 11 is 3.49. The van der Waals surface area contributed by atoms with E-state index in [-0.39, 0.29) is 11.9 Å². The van der Waals surface area contributed by atoms with Crippen LogP contribution < -0.4 is 5.73 Å². The van der Waals surface area contributed by atoms with Crippen LogP contribution in [0.5, 0.6) is 0 Å². The molecule has 1 aliphatic rings. The van der Waals surface area contributed by atoms with Gasteiger partial charge in [-0.2, -0.15) is 0 Å². The number of benzene rings is 1. The summed E-state index contributed by atoms with van der Waals surface area (Å²) in [5.41, 5.74) is 7.10. The molecule has 1 saturated heterocycles. The Balaban J connectivity index is 1.91. The smallest absolute Gasteiger partial charge is 0.224 e. The van der Waals surface area contributed by atoms with Gasteiger partial charge in [-0.3, -0.25) is 9.69 Å². The third-order valence-corrected chi connectivity index (χ3v) is 4.58. The molecule has 2 rings (SSSR count). The van der Waals surface area contributed by atoms with Crippen LogP contribution in [0.3, 0.4) is 0 Å². The van der Waals surface area contributed by atoms with Crippen molar-refractivity contribution in [3.8, 4) is 0 Å². The predicted octanol–water partition coefficient (Wildman–Crippen LogP) is 2.22. The molecule has 1 fully saturated rings. The molecule has 0 aromatic heterocycles. The zero-order valence-electron chi connectivity index (χ0n) is 12.6. The van der Waals surface area contributed by atoms with Gasteiger partial charge in [0.25, 0.3) is 0 Å². The molecule has 0 aliphatic carbocycles. The van der Waals surface area contributed by atoms with E-state index < -0.39 is 0 Å². The highest BCUT2D eigenvalue weighted by atomic mass is 79.9. The molecular weight excluding hydrogens is 330 g/mol. The first-order valence-electron chi connectivity index (χ1n) is 7.52. The molecule has 1 atom stereocenters. The van der Waals surface area contributed by atoms with Gasteiger partial charge in [0.15, 0.2) is 0 Å². The van der Waals surface area contributed by atoms with Crippen molar-refractivity contribution in [1.82, 2.24) is 9.80 Å². The van der Waals surface area contributed by atoms with Crippen molar-refractivity contribution in [2.45, 2.75) is 31.8 Å². The van der Waals surface area contributed by atoms with E-state index in [1.54, 1.807) is 0 Å². The lowest BCUT2D eigenvalue weighted by atomic mass is 10.1. The topological polar surface area (TPSA) is 49.6 Å². The molecule has 0 spiro atoms. The number of hydrogen-bond acceptors (Lipinski definition) is 3. The largest absolute Gasteiger partial charge is 0.343 e. The standard InChI is InChI=1S/C16H24BrN3O/c1-19(12-13-5-4-6-14(17)9-13)15(11-18)10-16(21)20-7-2-3-8-20/h4-6,9,15H,2-3,7-8,10-12,18H2,1H3. The Hall–Kier alpha value is -0.910. The van der Waals surface area contributed by atoms with E-state index in [1.807, 2.05) is 24.1 Å². The number of nitrogens with zero attached hydrogens (tertiary/aromatic N) is 2. The molecule has 4 nitrogen and oxygen atoms in total. The van der Waals surface area contributed by atoms with E-state index in [0.717, 1.165) is 36.9 Å². The van der Waals surface area contributed by atoms with Crippen LogP contribution >= 0.6 is 15.9 Å². The fourth-order valence-corrected chi connectivity index (χ4v) is 3.22. The summed E-state index contributed by atoms with van der Waals surface area (Å²) in [5.74, 6) is 0.240. The Morgan fingerprint density at radius 3 is 2.76 bits per heavy atom. The lowest BCUT2D eigenvalue weighted by molar-refractivity contribution is -0.131. The van der Waals surface area contributed by atoms with Crippen LogP contribution in [-0.4, -0.2) is 48.4 Å². The number of amides is 1. The molecule has 1 heterocycles. The van der Waals surface area contributed by atoms with Crippen LogP contribution in [0.25, 0.3) is 0 Å². The fraction of sp³-hybridized carbons (Fsp3) is 0.562. The van der Waals surface area contributed by atoms with Crippen molar-refractivity contribution < 1.29 is 4.79 Å². The summed E-state index contributed by atoms with van der Waals surface area (Å²) in [5, 5.41) is 0. The lowest BCUT2D eigenvalue weighted by Gasteiger charge is -2.28. The normalized spacial score (nSPS) is 16.5. The van der Waals surface area contributed by atoms with Gasteiger partial charge >= 0.3 is 0 Å². The second kappa shape index (κ2) is 7.92. The van der Waals surface area contributed by atoms with Crippen molar-refractivity contribution in [3.05, 3.63) is 34.3 Å². The van der Waals surface area contributed by atoms with Gasteiger partial charge in [0, 0.05) is 43.1 Å². The molecule has 0 radical (unpaired) electrons. The average molecular weight is 354 g/mol. The molecule has 0 saturated carbocycles. The number of hydrogen-bond donors (Lipinski definition) is 1. The number of nitrogens with two attached hydrogens (primary N) is 1. The highest BCUT2D eigenvalue weighted by Gasteiger charge is 2.23. The Morgan fingerprint density at radius 2 is 2.14 bits per heavy atom. The van der Waals surface area contributed by atoms with Gasteiger partial charge in [-0.25, -0.2) is 0 Å². The highest BCUT2D eigenvalue weighted by Crippen LogP contribution is 2.16. The summed E-state index contributed by atoms with van der Waals surface area (Å²) in [7, 11) is 2.04. The van der Waals surface area contributed by atoms with Crippen LogP contribution in [-0.2, 0) is 11.3 Å².